The maximum atomic E-state index is 12.6. The predicted molar refractivity (Wildman–Crippen MR) is 110 cm³/mol. The highest BCUT2D eigenvalue weighted by molar-refractivity contribution is 7.87. The van der Waals surface area contributed by atoms with E-state index in [1.165, 1.54) is 24.3 Å². The smallest absolute Gasteiger partial charge is 0.339 e. The molecule has 0 atom stereocenters. The molecule has 0 amide bonds. The zero-order valence-electron chi connectivity index (χ0n) is 15.0. The third-order valence-electron chi connectivity index (χ3n) is 3.99. The van der Waals surface area contributed by atoms with Crippen LogP contribution in [0, 0.1) is 18.3 Å². The second-order valence-corrected chi connectivity index (χ2v) is 8.05. The van der Waals surface area contributed by atoms with E-state index in [1.54, 1.807) is 36.4 Å². The Bertz CT molecular complexity index is 1160. The van der Waals surface area contributed by atoms with Crippen molar-refractivity contribution in [2.24, 2.45) is 0 Å². The van der Waals surface area contributed by atoms with Crippen LogP contribution in [-0.4, -0.2) is 8.42 Å². The fraction of sp³-hybridized carbons (Fsp3) is 0.0455. The molecule has 3 aromatic carbocycles. The SMILES string of the molecule is Cc1ccc(S(=O)(=O)Oc2ccc(Cl)cc2/C=C(\C#N)c2ccccc2)cc1. The molecule has 4 nitrogen and oxygen atoms in total. The Kier molecular flexibility index (Phi) is 5.84. The Balaban J connectivity index is 2.03. The maximum Gasteiger partial charge on any atom is 0.339 e. The van der Waals surface area contributed by atoms with Gasteiger partial charge in [0, 0.05) is 10.6 Å². The van der Waals surface area contributed by atoms with Gasteiger partial charge in [0.25, 0.3) is 0 Å². The first-order valence-electron chi connectivity index (χ1n) is 8.37. The Hall–Kier alpha value is -3.07. The third-order valence-corrected chi connectivity index (χ3v) is 5.47. The van der Waals surface area contributed by atoms with Crippen LogP contribution in [0.15, 0.2) is 77.7 Å². The first-order valence-corrected chi connectivity index (χ1v) is 10.2. The number of nitriles is 1. The predicted octanol–water partition coefficient (Wildman–Crippen LogP) is 5.48. The molecule has 140 valence electrons. The van der Waals surface area contributed by atoms with Crippen LogP contribution in [0.2, 0.25) is 5.02 Å². The van der Waals surface area contributed by atoms with Gasteiger partial charge in [-0.1, -0.05) is 59.6 Å². The van der Waals surface area contributed by atoms with Gasteiger partial charge < -0.3 is 4.18 Å². The molecule has 0 aromatic heterocycles. The molecule has 0 N–H and O–H groups in total. The highest BCUT2D eigenvalue weighted by atomic mass is 35.5. The highest BCUT2D eigenvalue weighted by Gasteiger charge is 2.18. The summed E-state index contributed by atoms with van der Waals surface area (Å²) in [7, 11) is -4.03. The Morgan fingerprint density at radius 1 is 1.04 bits per heavy atom. The minimum Gasteiger partial charge on any atom is -0.378 e. The standard InChI is InChI=1S/C22H16ClNO3S/c1-16-7-10-21(11-8-16)28(25,26)27-22-12-9-20(23)14-18(22)13-19(15-24)17-5-3-2-4-6-17/h2-14H,1H3/b19-13+. The van der Waals surface area contributed by atoms with Gasteiger partial charge in [0.2, 0.25) is 0 Å². The van der Waals surface area contributed by atoms with Crippen LogP contribution < -0.4 is 4.18 Å². The van der Waals surface area contributed by atoms with Crippen LogP contribution >= 0.6 is 11.6 Å². The van der Waals surface area contributed by atoms with Crippen LogP contribution in [0.5, 0.6) is 5.75 Å². The van der Waals surface area contributed by atoms with E-state index in [9.17, 15) is 13.7 Å². The number of rotatable bonds is 5. The van der Waals surface area contributed by atoms with Crippen molar-refractivity contribution in [3.8, 4) is 11.8 Å². The summed E-state index contributed by atoms with van der Waals surface area (Å²) >= 11 is 6.08. The minimum atomic E-state index is -4.03. The van der Waals surface area contributed by atoms with E-state index in [-0.39, 0.29) is 10.6 Å². The van der Waals surface area contributed by atoms with E-state index >= 15 is 0 Å². The van der Waals surface area contributed by atoms with Gasteiger partial charge in [-0.2, -0.15) is 13.7 Å². The van der Waals surface area contributed by atoms with Crippen LogP contribution in [0.3, 0.4) is 0 Å². The molecular weight excluding hydrogens is 394 g/mol. The van der Waals surface area contributed by atoms with E-state index in [0.29, 0.717) is 21.7 Å². The van der Waals surface area contributed by atoms with Gasteiger partial charge in [-0.15, -0.1) is 0 Å². The Morgan fingerprint density at radius 2 is 1.71 bits per heavy atom. The molecule has 0 heterocycles. The van der Waals surface area contributed by atoms with Crippen molar-refractivity contribution in [2.75, 3.05) is 0 Å². The molecule has 0 unspecified atom stereocenters. The molecule has 0 radical (unpaired) electrons. The minimum absolute atomic E-state index is 0.0477. The molecule has 3 rings (SSSR count). The lowest BCUT2D eigenvalue weighted by Gasteiger charge is -2.11. The number of benzene rings is 3. The number of aryl methyl sites for hydroxylation is 1. The molecule has 0 bridgehead atoms. The number of allylic oxidation sites excluding steroid dienone is 1. The van der Waals surface area contributed by atoms with Crippen molar-refractivity contribution in [3.63, 3.8) is 0 Å². The summed E-state index contributed by atoms with van der Waals surface area (Å²) in [4.78, 5) is 0.0477. The van der Waals surface area contributed by atoms with Gasteiger partial charge in [-0.05, 0) is 48.9 Å². The van der Waals surface area contributed by atoms with Crippen LogP contribution in [0.1, 0.15) is 16.7 Å². The summed E-state index contributed by atoms with van der Waals surface area (Å²) in [6, 6.07) is 22.1. The zero-order chi connectivity index (χ0) is 20.1. The lowest BCUT2D eigenvalue weighted by molar-refractivity contribution is 0.485. The van der Waals surface area contributed by atoms with Gasteiger partial charge in [0.05, 0.1) is 11.6 Å². The number of hydrogen-bond donors (Lipinski definition) is 0. The summed E-state index contributed by atoms with van der Waals surface area (Å²) < 4.78 is 30.6. The number of halogens is 1. The fourth-order valence-corrected chi connectivity index (χ4v) is 3.67. The largest absolute Gasteiger partial charge is 0.378 e. The molecule has 0 spiro atoms. The van der Waals surface area contributed by atoms with Crippen molar-refractivity contribution >= 4 is 33.4 Å². The summed E-state index contributed by atoms with van der Waals surface area (Å²) in [5, 5.41) is 9.93. The maximum absolute atomic E-state index is 12.6. The normalized spacial score (nSPS) is 11.7. The Morgan fingerprint density at radius 3 is 2.36 bits per heavy atom. The van der Waals surface area contributed by atoms with Crippen molar-refractivity contribution in [1.82, 2.24) is 0 Å². The second-order valence-electron chi connectivity index (χ2n) is 6.07. The summed E-state index contributed by atoms with van der Waals surface area (Å²) in [5.74, 6) is 0.0913. The monoisotopic (exact) mass is 409 g/mol. The first kappa shape index (κ1) is 19.7. The topological polar surface area (TPSA) is 67.2 Å². The van der Waals surface area contributed by atoms with Crippen molar-refractivity contribution in [3.05, 3.63) is 94.5 Å². The van der Waals surface area contributed by atoms with E-state index in [2.05, 4.69) is 6.07 Å². The van der Waals surface area contributed by atoms with Crippen LogP contribution in [-0.2, 0) is 10.1 Å². The molecule has 0 saturated heterocycles. The van der Waals surface area contributed by atoms with Crippen molar-refractivity contribution in [1.29, 1.82) is 5.26 Å². The lowest BCUT2D eigenvalue weighted by Crippen LogP contribution is -2.10. The quantitative estimate of drug-likeness (QED) is 0.318. The molecule has 0 aliphatic rings. The van der Waals surface area contributed by atoms with E-state index < -0.39 is 10.1 Å². The van der Waals surface area contributed by atoms with Crippen LogP contribution in [0.25, 0.3) is 11.6 Å². The third kappa shape index (κ3) is 4.61. The highest BCUT2D eigenvalue weighted by Crippen LogP contribution is 2.30. The molecule has 3 aromatic rings. The average Bonchev–Trinajstić information content (AvgIpc) is 2.69. The van der Waals surface area contributed by atoms with Crippen LogP contribution in [0.4, 0.5) is 0 Å². The van der Waals surface area contributed by atoms with Gasteiger partial charge in [0.15, 0.2) is 0 Å². The van der Waals surface area contributed by atoms with E-state index in [4.69, 9.17) is 15.8 Å². The van der Waals surface area contributed by atoms with E-state index in [0.717, 1.165) is 5.56 Å². The van der Waals surface area contributed by atoms with Gasteiger partial charge in [-0.25, -0.2) is 0 Å². The van der Waals surface area contributed by atoms with E-state index in [1.807, 2.05) is 25.1 Å². The molecule has 28 heavy (non-hydrogen) atoms. The lowest BCUT2D eigenvalue weighted by atomic mass is 10.0. The summed E-state index contributed by atoms with van der Waals surface area (Å²) in [6.45, 7) is 1.87. The number of hydrogen-bond acceptors (Lipinski definition) is 4. The van der Waals surface area contributed by atoms with Gasteiger partial charge in [0.1, 0.15) is 10.6 Å². The molecule has 0 aliphatic heterocycles. The number of nitrogens with zero attached hydrogens (tertiary/aromatic N) is 1. The zero-order valence-corrected chi connectivity index (χ0v) is 16.5. The molecule has 0 fully saturated rings. The molecular formula is C22H16ClNO3S. The second kappa shape index (κ2) is 8.30. The van der Waals surface area contributed by atoms with Gasteiger partial charge in [-0.3, -0.25) is 0 Å². The first-order chi connectivity index (χ1) is 13.4. The van der Waals surface area contributed by atoms with Crippen molar-refractivity contribution < 1.29 is 12.6 Å². The summed E-state index contributed by atoms with van der Waals surface area (Å²) in [5.41, 5.74) is 2.40. The van der Waals surface area contributed by atoms with Gasteiger partial charge >= 0.3 is 10.1 Å². The molecule has 6 heteroatoms. The summed E-state index contributed by atoms with van der Waals surface area (Å²) in [6.07, 6.45) is 1.56. The van der Waals surface area contributed by atoms with Crippen molar-refractivity contribution in [2.45, 2.75) is 11.8 Å². The molecule has 0 saturated carbocycles. The Labute approximate surface area is 169 Å². The average molecular weight is 410 g/mol. The fourth-order valence-electron chi connectivity index (χ4n) is 2.53. The molecule has 0 aliphatic carbocycles.